The second kappa shape index (κ2) is 5.63. The van der Waals surface area contributed by atoms with Gasteiger partial charge in [0.25, 0.3) is 5.91 Å². The highest BCUT2D eigenvalue weighted by atomic mass is 32.2. The van der Waals surface area contributed by atoms with Crippen molar-refractivity contribution in [2.45, 2.75) is 11.8 Å². The monoisotopic (exact) mass is 304 g/mol. The quantitative estimate of drug-likeness (QED) is 0.820. The molecular formula is C11H16N2O6S. The fourth-order valence-electron chi connectivity index (χ4n) is 1.49. The predicted molar refractivity (Wildman–Crippen MR) is 68.9 cm³/mol. The second-order valence-electron chi connectivity index (χ2n) is 4.37. The van der Waals surface area contributed by atoms with Crippen molar-refractivity contribution in [3.63, 3.8) is 0 Å². The Morgan fingerprint density at radius 2 is 1.85 bits per heavy atom. The number of aryl methyl sites for hydroxylation is 1. The standard InChI is InChI=1S/C11H16N2O6S/c1-7-9(20(17,18)12(2)3)5-8(19-7)11(16)13(4)6-10(14)15/h5H,6H2,1-4H3,(H,14,15). The molecule has 1 rings (SSSR count). The number of nitrogens with zero attached hydrogens (tertiary/aromatic N) is 2. The Morgan fingerprint density at radius 3 is 2.30 bits per heavy atom. The zero-order chi connectivity index (χ0) is 15.7. The summed E-state index contributed by atoms with van der Waals surface area (Å²) in [4.78, 5) is 23.2. The molecule has 0 saturated heterocycles. The maximum atomic E-state index is 12.0. The van der Waals surface area contributed by atoms with Gasteiger partial charge in [-0.3, -0.25) is 9.59 Å². The van der Waals surface area contributed by atoms with Gasteiger partial charge in [-0.1, -0.05) is 0 Å². The van der Waals surface area contributed by atoms with Crippen molar-refractivity contribution in [2.24, 2.45) is 0 Å². The van der Waals surface area contributed by atoms with Gasteiger partial charge < -0.3 is 14.4 Å². The van der Waals surface area contributed by atoms with Gasteiger partial charge in [-0.15, -0.1) is 0 Å². The van der Waals surface area contributed by atoms with Gasteiger partial charge in [0, 0.05) is 27.2 Å². The number of sulfonamides is 1. The second-order valence-corrected chi connectivity index (χ2v) is 6.49. The van der Waals surface area contributed by atoms with Crippen LogP contribution in [0.5, 0.6) is 0 Å². The molecule has 0 spiro atoms. The van der Waals surface area contributed by atoms with Crippen LogP contribution in [-0.4, -0.2) is 62.3 Å². The van der Waals surface area contributed by atoms with E-state index in [1.165, 1.54) is 28.1 Å². The molecule has 0 saturated carbocycles. The van der Waals surface area contributed by atoms with E-state index in [0.717, 1.165) is 15.3 Å². The summed E-state index contributed by atoms with van der Waals surface area (Å²) < 4.78 is 30.1. The molecule has 0 radical (unpaired) electrons. The smallest absolute Gasteiger partial charge is 0.323 e. The average Bonchev–Trinajstić information content (AvgIpc) is 2.69. The van der Waals surface area contributed by atoms with Gasteiger partial charge in [-0.05, 0) is 6.92 Å². The molecule has 9 heteroatoms. The van der Waals surface area contributed by atoms with E-state index in [0.29, 0.717) is 0 Å². The number of aliphatic carboxylic acids is 1. The van der Waals surface area contributed by atoms with Crippen LogP contribution >= 0.6 is 0 Å². The first kappa shape index (κ1) is 16.2. The van der Waals surface area contributed by atoms with Crippen LogP contribution in [0.3, 0.4) is 0 Å². The Bertz CT molecular complexity index is 631. The zero-order valence-electron chi connectivity index (χ0n) is 11.6. The fourth-order valence-corrected chi connectivity index (χ4v) is 2.54. The van der Waals surface area contributed by atoms with E-state index in [4.69, 9.17) is 9.52 Å². The SMILES string of the molecule is Cc1oc(C(=O)N(C)CC(=O)O)cc1S(=O)(=O)N(C)C. The van der Waals surface area contributed by atoms with Crippen molar-refractivity contribution in [2.75, 3.05) is 27.7 Å². The summed E-state index contributed by atoms with van der Waals surface area (Å²) in [5.74, 6) is -2.02. The third-order valence-electron chi connectivity index (χ3n) is 2.56. The molecule has 0 aliphatic heterocycles. The minimum Gasteiger partial charge on any atom is -0.480 e. The maximum Gasteiger partial charge on any atom is 0.323 e. The van der Waals surface area contributed by atoms with Crippen LogP contribution in [0.1, 0.15) is 16.3 Å². The van der Waals surface area contributed by atoms with Crippen LogP contribution in [0, 0.1) is 6.92 Å². The number of carboxylic acid groups (broad SMARTS) is 1. The number of likely N-dealkylation sites (N-methyl/N-ethyl adjacent to an activating group) is 1. The van der Waals surface area contributed by atoms with Gasteiger partial charge in [0.05, 0.1) is 0 Å². The molecule has 0 atom stereocenters. The summed E-state index contributed by atoms with van der Waals surface area (Å²) in [7, 11) is 0.292. The summed E-state index contributed by atoms with van der Waals surface area (Å²) >= 11 is 0. The molecule has 0 unspecified atom stereocenters. The van der Waals surface area contributed by atoms with Gasteiger partial charge in [-0.25, -0.2) is 12.7 Å². The predicted octanol–water partition coefficient (Wildman–Crippen LogP) is -0.00508. The lowest BCUT2D eigenvalue weighted by Gasteiger charge is -2.12. The number of carbonyl (C=O) groups excluding carboxylic acids is 1. The van der Waals surface area contributed by atoms with Crippen LogP contribution in [0.2, 0.25) is 0 Å². The third kappa shape index (κ3) is 3.17. The molecule has 0 aliphatic rings. The zero-order valence-corrected chi connectivity index (χ0v) is 12.4. The Balaban J connectivity index is 3.13. The molecule has 1 amide bonds. The van der Waals surface area contributed by atoms with Crippen LogP contribution in [0.4, 0.5) is 0 Å². The average molecular weight is 304 g/mol. The van der Waals surface area contributed by atoms with Crippen molar-refractivity contribution in [1.29, 1.82) is 0 Å². The fraction of sp³-hybridized carbons (Fsp3) is 0.455. The van der Waals surface area contributed by atoms with E-state index in [-0.39, 0.29) is 16.4 Å². The minimum atomic E-state index is -3.72. The van der Waals surface area contributed by atoms with Crippen molar-refractivity contribution in [3.8, 4) is 0 Å². The largest absolute Gasteiger partial charge is 0.480 e. The summed E-state index contributed by atoms with van der Waals surface area (Å²) in [6.07, 6.45) is 0. The molecule has 0 fully saturated rings. The van der Waals surface area contributed by atoms with Crippen LogP contribution in [0.25, 0.3) is 0 Å². The summed E-state index contributed by atoms with van der Waals surface area (Å²) in [6.45, 7) is 0.915. The minimum absolute atomic E-state index is 0.0748. The number of rotatable bonds is 5. The summed E-state index contributed by atoms with van der Waals surface area (Å²) in [6, 6.07) is 1.10. The number of furan rings is 1. The lowest BCUT2D eigenvalue weighted by atomic mass is 10.4. The molecular weight excluding hydrogens is 288 g/mol. The number of carboxylic acids is 1. The van der Waals surface area contributed by atoms with Crippen LogP contribution < -0.4 is 0 Å². The molecule has 1 N–H and O–H groups in total. The van der Waals surface area contributed by atoms with Crippen molar-refractivity contribution < 1.29 is 27.5 Å². The first-order chi connectivity index (χ1) is 9.07. The summed E-state index contributed by atoms with van der Waals surface area (Å²) in [5.41, 5.74) is 0. The van der Waals surface area contributed by atoms with Crippen LogP contribution in [-0.2, 0) is 14.8 Å². The maximum absolute atomic E-state index is 12.0. The molecule has 0 aromatic carbocycles. The summed E-state index contributed by atoms with van der Waals surface area (Å²) in [5, 5.41) is 8.61. The number of carbonyl (C=O) groups is 2. The van der Waals surface area contributed by atoms with Crippen molar-refractivity contribution >= 4 is 21.9 Å². The highest BCUT2D eigenvalue weighted by Crippen LogP contribution is 2.23. The van der Waals surface area contributed by atoms with Gasteiger partial charge in [0.1, 0.15) is 17.2 Å². The van der Waals surface area contributed by atoms with Crippen molar-refractivity contribution in [1.82, 2.24) is 9.21 Å². The number of hydrogen-bond donors (Lipinski definition) is 1. The lowest BCUT2D eigenvalue weighted by molar-refractivity contribution is -0.137. The Morgan fingerprint density at radius 1 is 1.30 bits per heavy atom. The van der Waals surface area contributed by atoms with E-state index in [2.05, 4.69) is 0 Å². The molecule has 0 aliphatic carbocycles. The lowest BCUT2D eigenvalue weighted by Crippen LogP contribution is -2.31. The van der Waals surface area contributed by atoms with Gasteiger partial charge in [0.15, 0.2) is 5.76 Å². The number of amides is 1. The van der Waals surface area contributed by atoms with E-state index in [1.807, 2.05) is 0 Å². The van der Waals surface area contributed by atoms with Gasteiger partial charge >= 0.3 is 5.97 Å². The normalized spacial score (nSPS) is 11.7. The highest BCUT2D eigenvalue weighted by Gasteiger charge is 2.27. The van der Waals surface area contributed by atoms with Crippen LogP contribution in [0.15, 0.2) is 15.4 Å². The molecule has 8 nitrogen and oxygen atoms in total. The highest BCUT2D eigenvalue weighted by molar-refractivity contribution is 7.89. The van der Waals surface area contributed by atoms with Crippen molar-refractivity contribution in [3.05, 3.63) is 17.6 Å². The molecule has 1 aromatic heterocycles. The topological polar surface area (TPSA) is 108 Å². The Hall–Kier alpha value is -1.87. The molecule has 20 heavy (non-hydrogen) atoms. The molecule has 112 valence electrons. The van der Waals surface area contributed by atoms with Gasteiger partial charge in [-0.2, -0.15) is 0 Å². The Labute approximate surface area is 116 Å². The molecule has 1 aromatic rings. The van der Waals surface area contributed by atoms with E-state index in [1.54, 1.807) is 0 Å². The molecule has 0 bridgehead atoms. The molecule has 1 heterocycles. The van der Waals surface area contributed by atoms with E-state index < -0.39 is 28.4 Å². The van der Waals surface area contributed by atoms with E-state index >= 15 is 0 Å². The van der Waals surface area contributed by atoms with Gasteiger partial charge in [0.2, 0.25) is 10.0 Å². The first-order valence-corrected chi connectivity index (χ1v) is 7.01. The number of hydrogen-bond acceptors (Lipinski definition) is 5. The third-order valence-corrected chi connectivity index (χ3v) is 4.48. The first-order valence-electron chi connectivity index (χ1n) is 5.57. The van der Waals surface area contributed by atoms with E-state index in [9.17, 15) is 18.0 Å². The Kier molecular flexibility index (Phi) is 4.56.